The summed E-state index contributed by atoms with van der Waals surface area (Å²) >= 11 is 3.37. The topological polar surface area (TPSA) is 24.9 Å². The smallest absolute Gasteiger partial charge is 0.106 e. The summed E-state index contributed by atoms with van der Waals surface area (Å²) in [5.74, 6) is 0.826. The van der Waals surface area contributed by atoms with Crippen LogP contribution in [-0.4, -0.2) is 11.5 Å². The highest BCUT2D eigenvalue weighted by Gasteiger charge is 1.96. The van der Waals surface area contributed by atoms with Crippen molar-refractivity contribution in [2.45, 2.75) is 39.7 Å². The molecule has 1 rings (SSSR count). The Labute approximate surface area is 107 Å². The summed E-state index contributed by atoms with van der Waals surface area (Å²) in [6.45, 7) is 6.50. The van der Waals surface area contributed by atoms with Crippen LogP contribution in [-0.2, 0) is 6.54 Å². The second-order valence-corrected chi connectivity index (χ2v) is 5.33. The van der Waals surface area contributed by atoms with Crippen molar-refractivity contribution in [1.29, 1.82) is 0 Å². The van der Waals surface area contributed by atoms with E-state index in [0.717, 1.165) is 29.3 Å². The largest absolute Gasteiger partial charge is 0.311 e. The van der Waals surface area contributed by atoms with Gasteiger partial charge < -0.3 is 5.32 Å². The molecule has 0 radical (unpaired) electrons. The molecule has 90 valence electrons. The summed E-state index contributed by atoms with van der Waals surface area (Å²) in [5, 5.41) is 3.42. The monoisotopic (exact) mass is 284 g/mol. The first-order valence-electron chi connectivity index (χ1n) is 6.00. The van der Waals surface area contributed by atoms with Crippen molar-refractivity contribution in [2.75, 3.05) is 6.54 Å². The second-order valence-electron chi connectivity index (χ2n) is 4.52. The summed E-state index contributed by atoms with van der Waals surface area (Å²) in [6.07, 6.45) is 3.90. The Morgan fingerprint density at radius 1 is 1.31 bits per heavy atom. The van der Waals surface area contributed by atoms with Gasteiger partial charge in [-0.15, -0.1) is 0 Å². The van der Waals surface area contributed by atoms with E-state index in [0.29, 0.717) is 0 Å². The van der Waals surface area contributed by atoms with E-state index in [2.05, 4.69) is 40.1 Å². The number of nitrogens with zero attached hydrogens (tertiary/aromatic N) is 1. The Kier molecular flexibility index (Phi) is 6.65. The molecule has 0 amide bonds. The van der Waals surface area contributed by atoms with Crippen LogP contribution in [0.15, 0.2) is 22.8 Å². The summed E-state index contributed by atoms with van der Waals surface area (Å²) in [4.78, 5) is 4.37. The maximum atomic E-state index is 4.37. The standard InChI is InChI=1S/C13H21BrN2/c1-11(2)6-3-4-9-15-10-12-7-5-8-13(14)16-12/h5,7-8,11,15H,3-4,6,9-10H2,1-2H3. The number of aromatic nitrogens is 1. The lowest BCUT2D eigenvalue weighted by molar-refractivity contribution is 0.519. The Morgan fingerprint density at radius 3 is 2.81 bits per heavy atom. The maximum absolute atomic E-state index is 4.37. The zero-order valence-electron chi connectivity index (χ0n) is 10.2. The Balaban J connectivity index is 2.07. The predicted molar refractivity (Wildman–Crippen MR) is 72.3 cm³/mol. The molecular formula is C13H21BrN2. The van der Waals surface area contributed by atoms with Crippen LogP contribution in [0.3, 0.4) is 0 Å². The lowest BCUT2D eigenvalue weighted by atomic mass is 10.1. The molecular weight excluding hydrogens is 264 g/mol. The fraction of sp³-hybridized carbons (Fsp3) is 0.615. The van der Waals surface area contributed by atoms with Crippen molar-refractivity contribution in [3.05, 3.63) is 28.5 Å². The molecule has 0 aliphatic rings. The molecule has 0 unspecified atom stereocenters. The minimum absolute atomic E-state index is 0.826. The quantitative estimate of drug-likeness (QED) is 0.609. The molecule has 3 heteroatoms. The lowest BCUT2D eigenvalue weighted by Crippen LogP contribution is -2.15. The van der Waals surface area contributed by atoms with Gasteiger partial charge in [0.25, 0.3) is 0 Å². The normalized spacial score (nSPS) is 11.0. The Hall–Kier alpha value is -0.410. The van der Waals surface area contributed by atoms with E-state index in [1.807, 2.05) is 18.2 Å². The predicted octanol–water partition coefficient (Wildman–Crippen LogP) is 3.76. The Morgan fingerprint density at radius 2 is 2.12 bits per heavy atom. The number of nitrogens with one attached hydrogen (secondary N) is 1. The van der Waals surface area contributed by atoms with Crippen LogP contribution in [0.25, 0.3) is 0 Å². The van der Waals surface area contributed by atoms with Gasteiger partial charge in [0.05, 0.1) is 5.69 Å². The number of hydrogen-bond acceptors (Lipinski definition) is 2. The second kappa shape index (κ2) is 7.80. The number of rotatable bonds is 7. The van der Waals surface area contributed by atoms with Crippen molar-refractivity contribution >= 4 is 15.9 Å². The van der Waals surface area contributed by atoms with Gasteiger partial charge in [0.2, 0.25) is 0 Å². The molecule has 1 heterocycles. The van der Waals surface area contributed by atoms with Crippen LogP contribution >= 0.6 is 15.9 Å². The number of halogens is 1. The van der Waals surface area contributed by atoms with E-state index in [9.17, 15) is 0 Å². The van der Waals surface area contributed by atoms with Crippen LogP contribution in [0, 0.1) is 5.92 Å². The molecule has 0 saturated heterocycles. The zero-order chi connectivity index (χ0) is 11.8. The molecule has 16 heavy (non-hydrogen) atoms. The van der Waals surface area contributed by atoms with Crippen LogP contribution in [0.4, 0.5) is 0 Å². The van der Waals surface area contributed by atoms with Crippen LogP contribution in [0.2, 0.25) is 0 Å². The summed E-state index contributed by atoms with van der Waals surface area (Å²) in [7, 11) is 0. The molecule has 0 saturated carbocycles. The third-order valence-electron chi connectivity index (χ3n) is 2.46. The number of unbranched alkanes of at least 4 members (excludes halogenated alkanes) is 1. The van der Waals surface area contributed by atoms with E-state index in [1.54, 1.807) is 0 Å². The van der Waals surface area contributed by atoms with Crippen molar-refractivity contribution in [3.63, 3.8) is 0 Å². The third-order valence-corrected chi connectivity index (χ3v) is 2.91. The molecule has 0 spiro atoms. The van der Waals surface area contributed by atoms with Gasteiger partial charge in [0.1, 0.15) is 4.60 Å². The minimum atomic E-state index is 0.826. The van der Waals surface area contributed by atoms with Crippen molar-refractivity contribution in [1.82, 2.24) is 10.3 Å². The van der Waals surface area contributed by atoms with E-state index in [-0.39, 0.29) is 0 Å². The van der Waals surface area contributed by atoms with Gasteiger partial charge in [-0.25, -0.2) is 4.98 Å². The van der Waals surface area contributed by atoms with Gasteiger partial charge in [-0.05, 0) is 46.9 Å². The minimum Gasteiger partial charge on any atom is -0.311 e. The molecule has 0 aliphatic heterocycles. The van der Waals surface area contributed by atoms with Crippen LogP contribution in [0.1, 0.15) is 38.8 Å². The SMILES string of the molecule is CC(C)CCCCNCc1cccc(Br)n1. The average molecular weight is 285 g/mol. The molecule has 2 nitrogen and oxygen atoms in total. The third kappa shape index (κ3) is 6.23. The first kappa shape index (κ1) is 13.7. The first-order valence-corrected chi connectivity index (χ1v) is 6.80. The highest BCUT2D eigenvalue weighted by molar-refractivity contribution is 9.10. The molecule has 0 fully saturated rings. The van der Waals surface area contributed by atoms with E-state index >= 15 is 0 Å². The van der Waals surface area contributed by atoms with Crippen molar-refractivity contribution < 1.29 is 0 Å². The fourth-order valence-corrected chi connectivity index (χ4v) is 1.95. The number of pyridine rings is 1. The summed E-state index contributed by atoms with van der Waals surface area (Å²) in [5.41, 5.74) is 1.10. The fourth-order valence-electron chi connectivity index (χ4n) is 1.57. The van der Waals surface area contributed by atoms with Gasteiger partial charge in [0, 0.05) is 6.54 Å². The molecule has 0 bridgehead atoms. The average Bonchev–Trinajstić information content (AvgIpc) is 2.23. The molecule has 1 aromatic heterocycles. The Bertz CT molecular complexity index is 300. The molecule has 0 atom stereocenters. The van der Waals surface area contributed by atoms with E-state index in [1.165, 1.54) is 19.3 Å². The van der Waals surface area contributed by atoms with Crippen LogP contribution < -0.4 is 5.32 Å². The molecule has 0 aromatic carbocycles. The maximum Gasteiger partial charge on any atom is 0.106 e. The highest BCUT2D eigenvalue weighted by atomic mass is 79.9. The summed E-state index contributed by atoms with van der Waals surface area (Å²) < 4.78 is 0.909. The van der Waals surface area contributed by atoms with Crippen molar-refractivity contribution in [2.24, 2.45) is 5.92 Å². The zero-order valence-corrected chi connectivity index (χ0v) is 11.8. The van der Waals surface area contributed by atoms with Gasteiger partial charge in [0.15, 0.2) is 0 Å². The van der Waals surface area contributed by atoms with Gasteiger partial charge in [-0.3, -0.25) is 0 Å². The van der Waals surface area contributed by atoms with Gasteiger partial charge in [-0.2, -0.15) is 0 Å². The van der Waals surface area contributed by atoms with Crippen molar-refractivity contribution in [3.8, 4) is 0 Å². The van der Waals surface area contributed by atoms with Gasteiger partial charge >= 0.3 is 0 Å². The first-order chi connectivity index (χ1) is 7.68. The number of hydrogen-bond donors (Lipinski definition) is 1. The summed E-state index contributed by atoms with van der Waals surface area (Å²) in [6, 6.07) is 6.02. The molecule has 0 aliphatic carbocycles. The molecule has 1 N–H and O–H groups in total. The lowest BCUT2D eigenvalue weighted by Gasteiger charge is -2.06. The van der Waals surface area contributed by atoms with Gasteiger partial charge in [-0.1, -0.05) is 32.8 Å². The highest BCUT2D eigenvalue weighted by Crippen LogP contribution is 2.07. The molecule has 1 aromatic rings. The van der Waals surface area contributed by atoms with Crippen LogP contribution in [0.5, 0.6) is 0 Å². The van der Waals surface area contributed by atoms with E-state index in [4.69, 9.17) is 0 Å². The van der Waals surface area contributed by atoms with E-state index < -0.39 is 0 Å².